The molecule has 0 bridgehead atoms. The zero-order chi connectivity index (χ0) is 40.5. The third-order valence-electron chi connectivity index (χ3n) is 8.96. The Kier molecular flexibility index (Phi) is 10.5. The molecule has 0 atom stereocenters. The van der Waals surface area contributed by atoms with Crippen LogP contribution in [0.15, 0.2) is 131 Å². The van der Waals surface area contributed by atoms with Gasteiger partial charge in [-0.3, -0.25) is 14.3 Å². The zero-order valence-electron chi connectivity index (χ0n) is 29.4. The van der Waals surface area contributed by atoms with Crippen molar-refractivity contribution >= 4 is 43.4 Å². The first-order valence-corrected chi connectivity index (χ1v) is 19.9. The Balaban J connectivity index is 0.960. The summed E-state index contributed by atoms with van der Waals surface area (Å²) in [4.78, 5) is 25.9. The Labute approximate surface area is 324 Å². The highest BCUT2D eigenvalue weighted by molar-refractivity contribution is 7.93. The SMILES string of the molecule is O=C(O)c1cc(CN2CC(Oc3ccc(NS(=O)(=O)c4ccc(-c5ccc(F)cc5)cc4)c(C(=O)O)c3)C2)ccc1NS(=O)(=O)c1cnn(-c2ccc(F)cc2)c1. The Hall–Kier alpha value is -6.63. The van der Waals surface area contributed by atoms with Crippen LogP contribution in [0.25, 0.3) is 16.8 Å². The number of carboxylic acids is 2. The van der Waals surface area contributed by atoms with Crippen molar-refractivity contribution in [1.29, 1.82) is 0 Å². The molecule has 2 heterocycles. The molecule has 4 N–H and O–H groups in total. The molecule has 1 saturated heterocycles. The van der Waals surface area contributed by atoms with Gasteiger partial charge in [0, 0.05) is 19.6 Å². The molecule has 0 spiro atoms. The normalized spacial score (nSPS) is 13.4. The number of ether oxygens (including phenoxy) is 1. The predicted octanol–water partition coefficient (Wildman–Crippen LogP) is 6.08. The number of carboxylic acid groups (broad SMARTS) is 2. The van der Waals surface area contributed by atoms with Crippen molar-refractivity contribution in [2.45, 2.75) is 22.4 Å². The fraction of sp³-hybridized carbons (Fsp3) is 0.103. The van der Waals surface area contributed by atoms with Crippen molar-refractivity contribution in [2.24, 2.45) is 0 Å². The molecule has 1 fully saturated rings. The summed E-state index contributed by atoms with van der Waals surface area (Å²) in [6.07, 6.45) is 1.93. The summed E-state index contributed by atoms with van der Waals surface area (Å²) in [5.74, 6) is -3.43. The zero-order valence-corrected chi connectivity index (χ0v) is 31.0. The maximum atomic E-state index is 13.3. The summed E-state index contributed by atoms with van der Waals surface area (Å²) in [6.45, 7) is 1.07. The molecule has 0 aliphatic carbocycles. The van der Waals surface area contributed by atoms with Crippen LogP contribution in [-0.4, -0.2) is 72.9 Å². The number of carbonyl (C=O) groups is 2. The molecule has 14 nitrogen and oxygen atoms in total. The molecule has 6 aromatic rings. The Morgan fingerprint density at radius 2 is 1.23 bits per heavy atom. The summed E-state index contributed by atoms with van der Waals surface area (Å²) in [5.41, 5.74) is 1.38. The highest BCUT2D eigenvalue weighted by atomic mass is 32.2. The molecule has 292 valence electrons. The fourth-order valence-electron chi connectivity index (χ4n) is 6.05. The van der Waals surface area contributed by atoms with Crippen LogP contribution in [0.1, 0.15) is 26.3 Å². The molecule has 0 amide bonds. The number of rotatable bonds is 14. The first-order valence-electron chi connectivity index (χ1n) is 17.0. The van der Waals surface area contributed by atoms with Gasteiger partial charge in [-0.25, -0.2) is 39.9 Å². The summed E-state index contributed by atoms with van der Waals surface area (Å²) < 4.78 is 91.0. The van der Waals surface area contributed by atoms with Crippen LogP contribution in [0, 0.1) is 11.6 Å². The summed E-state index contributed by atoms with van der Waals surface area (Å²) >= 11 is 0. The van der Waals surface area contributed by atoms with Crippen molar-refractivity contribution in [3.05, 3.63) is 150 Å². The second-order valence-electron chi connectivity index (χ2n) is 13.0. The molecular formula is C39H31F2N5O9S2. The lowest BCUT2D eigenvalue weighted by molar-refractivity contribution is 0.0144. The van der Waals surface area contributed by atoms with Gasteiger partial charge >= 0.3 is 11.9 Å². The lowest BCUT2D eigenvalue weighted by atomic mass is 10.1. The van der Waals surface area contributed by atoms with Crippen LogP contribution in [-0.2, 0) is 26.6 Å². The Bertz CT molecular complexity index is 2700. The van der Waals surface area contributed by atoms with Gasteiger partial charge in [-0.1, -0.05) is 30.3 Å². The van der Waals surface area contributed by atoms with Crippen molar-refractivity contribution in [1.82, 2.24) is 14.7 Å². The number of hydrogen-bond acceptors (Lipinski definition) is 9. The van der Waals surface area contributed by atoms with Crippen LogP contribution >= 0.6 is 0 Å². The van der Waals surface area contributed by atoms with Crippen LogP contribution < -0.4 is 14.2 Å². The number of aromatic carboxylic acids is 2. The quantitative estimate of drug-likeness (QED) is 0.0995. The molecular weight excluding hydrogens is 785 g/mol. The second kappa shape index (κ2) is 15.5. The number of aromatic nitrogens is 2. The van der Waals surface area contributed by atoms with Crippen LogP contribution in [0.2, 0.25) is 0 Å². The molecule has 1 aliphatic heterocycles. The van der Waals surface area contributed by atoms with Crippen LogP contribution in [0.4, 0.5) is 20.2 Å². The average molecular weight is 816 g/mol. The summed E-state index contributed by atoms with van der Waals surface area (Å²) in [5, 5.41) is 23.8. The minimum absolute atomic E-state index is 0.112. The van der Waals surface area contributed by atoms with E-state index in [1.165, 1.54) is 89.7 Å². The van der Waals surface area contributed by atoms with E-state index in [1.807, 2.05) is 4.90 Å². The van der Waals surface area contributed by atoms with Crippen molar-refractivity contribution < 1.29 is 50.2 Å². The number of hydrogen-bond donors (Lipinski definition) is 4. The van der Waals surface area contributed by atoms with Gasteiger partial charge in [0.1, 0.15) is 28.4 Å². The lowest BCUT2D eigenvalue weighted by Gasteiger charge is -2.39. The topological polar surface area (TPSA) is 197 Å². The van der Waals surface area contributed by atoms with Crippen molar-refractivity contribution in [3.63, 3.8) is 0 Å². The number of halogens is 2. The largest absolute Gasteiger partial charge is 0.488 e. The first-order chi connectivity index (χ1) is 27.1. The number of nitrogens with one attached hydrogen (secondary N) is 2. The average Bonchev–Trinajstić information content (AvgIpc) is 3.67. The van der Waals surface area contributed by atoms with E-state index in [1.54, 1.807) is 30.3 Å². The number of benzene rings is 5. The lowest BCUT2D eigenvalue weighted by Crippen LogP contribution is -2.53. The van der Waals surface area contributed by atoms with Gasteiger partial charge in [-0.05, 0) is 95.6 Å². The van der Waals surface area contributed by atoms with E-state index in [9.17, 15) is 45.4 Å². The minimum Gasteiger partial charge on any atom is -0.488 e. The van der Waals surface area contributed by atoms with E-state index in [-0.39, 0.29) is 44.1 Å². The van der Waals surface area contributed by atoms with E-state index in [2.05, 4.69) is 14.5 Å². The van der Waals surface area contributed by atoms with Gasteiger partial charge in [0.15, 0.2) is 0 Å². The highest BCUT2D eigenvalue weighted by Crippen LogP contribution is 2.29. The third-order valence-corrected chi connectivity index (χ3v) is 11.7. The van der Waals surface area contributed by atoms with E-state index in [0.717, 1.165) is 6.20 Å². The van der Waals surface area contributed by atoms with Gasteiger partial charge < -0.3 is 14.9 Å². The molecule has 1 aromatic heterocycles. The molecule has 1 aliphatic rings. The highest BCUT2D eigenvalue weighted by Gasteiger charge is 2.30. The predicted molar refractivity (Wildman–Crippen MR) is 203 cm³/mol. The number of likely N-dealkylation sites (tertiary alicyclic amines) is 1. The number of sulfonamides is 2. The monoisotopic (exact) mass is 815 g/mol. The van der Waals surface area contributed by atoms with E-state index in [4.69, 9.17) is 4.74 Å². The molecule has 57 heavy (non-hydrogen) atoms. The molecule has 0 unspecified atom stereocenters. The van der Waals surface area contributed by atoms with Crippen molar-refractivity contribution in [3.8, 4) is 22.6 Å². The minimum atomic E-state index is -4.25. The molecule has 0 saturated carbocycles. The summed E-state index contributed by atoms with van der Waals surface area (Å²) in [6, 6.07) is 25.0. The maximum Gasteiger partial charge on any atom is 0.337 e. The van der Waals surface area contributed by atoms with Crippen LogP contribution in [0.3, 0.4) is 0 Å². The molecule has 7 rings (SSSR count). The third kappa shape index (κ3) is 8.77. The van der Waals surface area contributed by atoms with E-state index in [0.29, 0.717) is 42.0 Å². The van der Waals surface area contributed by atoms with E-state index < -0.39 is 43.6 Å². The molecule has 5 aromatic carbocycles. The van der Waals surface area contributed by atoms with Gasteiger partial charge in [0.25, 0.3) is 20.0 Å². The van der Waals surface area contributed by atoms with Gasteiger partial charge in [-0.2, -0.15) is 5.10 Å². The Morgan fingerprint density at radius 3 is 1.82 bits per heavy atom. The van der Waals surface area contributed by atoms with Gasteiger partial charge in [0.05, 0.1) is 45.5 Å². The standard InChI is InChI=1S/C39H31F2N5O9S2/c40-27-6-2-25(3-7-27)26-4-13-32(14-5-26)56(51,52)43-37-16-12-30(18-35(37)39(49)50)55-31-21-45(22-31)20-24-1-15-36(34(17-24)38(47)48)44-57(53,54)33-19-42-46(23-33)29-10-8-28(41)9-11-29/h1-19,23,31,43-44H,20-22H2,(H,47,48)(H,49,50). The summed E-state index contributed by atoms with van der Waals surface area (Å²) in [7, 11) is -8.44. The smallest absolute Gasteiger partial charge is 0.337 e. The van der Waals surface area contributed by atoms with Gasteiger partial charge in [-0.15, -0.1) is 0 Å². The molecule has 18 heteroatoms. The Morgan fingerprint density at radius 1 is 0.702 bits per heavy atom. The number of anilines is 2. The van der Waals surface area contributed by atoms with Crippen LogP contribution in [0.5, 0.6) is 5.75 Å². The first kappa shape index (κ1) is 38.6. The van der Waals surface area contributed by atoms with Gasteiger partial charge in [0.2, 0.25) is 0 Å². The second-order valence-corrected chi connectivity index (χ2v) is 16.3. The van der Waals surface area contributed by atoms with Crippen molar-refractivity contribution in [2.75, 3.05) is 22.5 Å². The molecule has 0 radical (unpaired) electrons. The maximum absolute atomic E-state index is 13.3. The number of nitrogens with zero attached hydrogens (tertiary/aromatic N) is 3. The fourth-order valence-corrected chi connectivity index (χ4v) is 8.14. The van der Waals surface area contributed by atoms with E-state index >= 15 is 0 Å².